The first kappa shape index (κ1) is 38.9. The molecule has 0 aliphatic carbocycles. The molecule has 10 heteroatoms. The van der Waals surface area contributed by atoms with Gasteiger partial charge < -0.3 is 34.6 Å². The summed E-state index contributed by atoms with van der Waals surface area (Å²) in [5, 5.41) is 2.54. The third-order valence-electron chi connectivity index (χ3n) is 9.12. The van der Waals surface area contributed by atoms with E-state index in [1.165, 1.54) is 32.3 Å². The van der Waals surface area contributed by atoms with Crippen LogP contribution >= 0.6 is 46.4 Å². The number of nitrogens with one attached hydrogen (secondary N) is 2. The van der Waals surface area contributed by atoms with Gasteiger partial charge in [-0.3, -0.25) is 9.80 Å². The van der Waals surface area contributed by atoms with Crippen molar-refractivity contribution in [2.24, 2.45) is 0 Å². The highest BCUT2D eigenvalue weighted by atomic mass is 35.5. The predicted molar refractivity (Wildman–Crippen MR) is 186 cm³/mol. The van der Waals surface area contributed by atoms with E-state index in [4.69, 9.17) is 46.4 Å². The number of hydrogen-bond donors (Lipinski definition) is 2. The van der Waals surface area contributed by atoms with Gasteiger partial charge in [-0.15, -0.1) is 0 Å². The monoisotopic (exact) mass is 740 g/mol. The highest BCUT2D eigenvalue weighted by molar-refractivity contribution is 6.42. The third kappa shape index (κ3) is 10.2. The lowest BCUT2D eigenvalue weighted by molar-refractivity contribution is -0.838. The molecule has 46 heavy (non-hydrogen) atoms. The second kappa shape index (κ2) is 18.9. The molecule has 0 radical (unpaired) electrons. The Morgan fingerprint density at radius 1 is 0.478 bits per heavy atom. The Kier molecular flexibility index (Phi) is 15.9. The van der Waals surface area contributed by atoms with E-state index in [0.29, 0.717) is 32.2 Å². The summed E-state index contributed by atoms with van der Waals surface area (Å²) < 4.78 is 0. The zero-order chi connectivity index (χ0) is 31.1. The van der Waals surface area contributed by atoms with Crippen LogP contribution in [0.3, 0.4) is 0 Å². The zero-order valence-electron chi connectivity index (χ0n) is 26.2. The molecule has 2 heterocycles. The van der Waals surface area contributed by atoms with Crippen molar-refractivity contribution >= 4 is 57.8 Å². The topological polar surface area (TPSA) is 15.4 Å². The second-order valence-electron chi connectivity index (χ2n) is 11.7. The van der Waals surface area contributed by atoms with Gasteiger partial charge in [0.05, 0.1) is 46.3 Å². The van der Waals surface area contributed by atoms with Gasteiger partial charge in [0.15, 0.2) is 0 Å². The highest BCUT2D eigenvalue weighted by Gasteiger charge is 2.27. The molecule has 0 bridgehead atoms. The van der Waals surface area contributed by atoms with Crippen molar-refractivity contribution in [3.8, 4) is 0 Å². The summed E-state index contributed by atoms with van der Waals surface area (Å²) in [6.45, 7) is 13.3. The van der Waals surface area contributed by atoms with Crippen LogP contribution in [-0.4, -0.2) is 62.2 Å². The fourth-order valence-electron chi connectivity index (χ4n) is 6.26. The van der Waals surface area contributed by atoms with Gasteiger partial charge in [-0.25, -0.2) is 0 Å². The number of nitrogens with zero attached hydrogens (tertiary/aromatic N) is 2. The van der Waals surface area contributed by atoms with Crippen LogP contribution in [0, 0.1) is 0 Å². The molecule has 2 aliphatic rings. The lowest BCUT2D eigenvalue weighted by Gasteiger charge is -2.36. The molecule has 2 fully saturated rings. The first-order valence-corrected chi connectivity index (χ1v) is 17.0. The van der Waals surface area contributed by atoms with E-state index in [2.05, 4.69) is 96.4 Å². The number of halogens is 6. The van der Waals surface area contributed by atoms with Crippen molar-refractivity contribution in [2.45, 2.75) is 25.9 Å². The van der Waals surface area contributed by atoms with Crippen LogP contribution < -0.4 is 34.6 Å². The molecule has 0 aromatic heterocycles. The molecule has 2 saturated heterocycles. The van der Waals surface area contributed by atoms with Gasteiger partial charge in [0.25, 0.3) is 0 Å². The number of hydrogen-bond acceptors (Lipinski definition) is 2. The fraction of sp³-hybridized carbons (Fsp3) is 0.333. The maximum absolute atomic E-state index is 6.14. The average molecular weight is 743 g/mol. The average Bonchev–Trinajstić information content (AvgIpc) is 3.08. The van der Waals surface area contributed by atoms with E-state index >= 15 is 0 Å². The van der Waals surface area contributed by atoms with Crippen LogP contribution in [0.25, 0.3) is 0 Å². The van der Waals surface area contributed by atoms with Gasteiger partial charge in [-0.2, -0.15) is 0 Å². The fourth-order valence-corrected chi connectivity index (χ4v) is 6.85. The van der Waals surface area contributed by atoms with Gasteiger partial charge in [0, 0.05) is 62.5 Å². The van der Waals surface area contributed by atoms with Gasteiger partial charge in [-0.1, -0.05) is 107 Å². The van der Waals surface area contributed by atoms with E-state index in [1.54, 1.807) is 0 Å². The second-order valence-corrected chi connectivity index (χ2v) is 13.3. The van der Waals surface area contributed by atoms with Crippen LogP contribution in [0.1, 0.15) is 37.1 Å². The molecule has 4 nitrogen and oxygen atoms in total. The summed E-state index contributed by atoms with van der Waals surface area (Å²) in [5.74, 6) is 0. The molecule has 0 spiro atoms. The third-order valence-corrected chi connectivity index (χ3v) is 10.6. The molecule has 4 aromatic rings. The quantitative estimate of drug-likeness (QED) is 0.309. The first-order valence-electron chi connectivity index (χ1n) is 15.5. The SMILES string of the molecule is CC(c1ccccc1)N1CC[NH+](c2ccc(Cl)c(Cl)c2)CC1.CC(c1ccccc1)N1CC[NH+](c2ccc(Cl)c(Cl)c2)CC1.[Cl-].[Cl-]. The number of piperazine rings is 2. The van der Waals surface area contributed by atoms with Gasteiger partial charge in [0.1, 0.15) is 11.4 Å². The molecule has 4 aromatic carbocycles. The Hall–Kier alpha value is -1.54. The van der Waals surface area contributed by atoms with E-state index in [0.717, 1.165) is 52.4 Å². The van der Waals surface area contributed by atoms with Crippen molar-refractivity contribution < 1.29 is 34.6 Å². The van der Waals surface area contributed by atoms with Crippen molar-refractivity contribution in [3.63, 3.8) is 0 Å². The van der Waals surface area contributed by atoms with Crippen LogP contribution in [0.2, 0.25) is 20.1 Å². The molecule has 6 rings (SSSR count). The van der Waals surface area contributed by atoms with Crippen molar-refractivity contribution in [3.05, 3.63) is 128 Å². The Labute approximate surface area is 307 Å². The molecule has 2 N–H and O–H groups in total. The number of rotatable bonds is 6. The minimum Gasteiger partial charge on any atom is -1.00 e. The molecule has 0 amide bonds. The molecular weight excluding hydrogens is 701 g/mol. The Morgan fingerprint density at radius 2 is 0.804 bits per heavy atom. The van der Waals surface area contributed by atoms with Crippen molar-refractivity contribution in [1.29, 1.82) is 0 Å². The maximum Gasteiger partial charge on any atom is 0.132 e. The van der Waals surface area contributed by atoms with Crippen molar-refractivity contribution in [2.75, 3.05) is 52.4 Å². The van der Waals surface area contributed by atoms with Crippen molar-refractivity contribution in [1.82, 2.24) is 9.80 Å². The summed E-state index contributed by atoms with van der Waals surface area (Å²) in [4.78, 5) is 8.07. The molecular formula is C36H42Cl6N4. The Balaban J connectivity index is 0.000000240. The number of quaternary nitrogens is 2. The largest absolute Gasteiger partial charge is 1.00 e. The smallest absolute Gasteiger partial charge is 0.132 e. The van der Waals surface area contributed by atoms with E-state index < -0.39 is 0 Å². The molecule has 0 saturated carbocycles. The number of benzene rings is 4. The minimum atomic E-state index is 0. The Bertz CT molecular complexity index is 1360. The minimum absolute atomic E-state index is 0. The van der Waals surface area contributed by atoms with Gasteiger partial charge in [0.2, 0.25) is 0 Å². The predicted octanol–water partition coefficient (Wildman–Crippen LogP) is 1.18. The molecule has 2 unspecified atom stereocenters. The van der Waals surface area contributed by atoms with Gasteiger partial charge in [-0.05, 0) is 37.1 Å². The first-order chi connectivity index (χ1) is 21.3. The summed E-state index contributed by atoms with van der Waals surface area (Å²) >= 11 is 24.3. The lowest BCUT2D eigenvalue weighted by Crippen LogP contribution is -3.10. The molecule has 248 valence electrons. The van der Waals surface area contributed by atoms with E-state index in [1.807, 2.05) is 24.3 Å². The summed E-state index contributed by atoms with van der Waals surface area (Å²) in [6, 6.07) is 34.3. The van der Waals surface area contributed by atoms with Crippen LogP contribution in [-0.2, 0) is 0 Å². The highest BCUT2D eigenvalue weighted by Crippen LogP contribution is 2.26. The Morgan fingerprint density at radius 3 is 1.11 bits per heavy atom. The summed E-state index contributed by atoms with van der Waals surface area (Å²) in [6.07, 6.45) is 0. The van der Waals surface area contributed by atoms with Crippen LogP contribution in [0.4, 0.5) is 11.4 Å². The standard InChI is InChI=1S/2C18H20Cl2N2.2ClH/c2*1-14(15-5-3-2-4-6-15)21-9-11-22(12-10-21)16-7-8-17(19)18(20)13-16;;/h2*2-8,13-14H,9-12H2,1H3;2*1H. The molecule has 2 aliphatic heterocycles. The maximum atomic E-state index is 6.14. The molecule has 2 atom stereocenters. The summed E-state index contributed by atoms with van der Waals surface area (Å²) in [5.41, 5.74) is 5.25. The normalized spacial score (nSPS) is 17.5. The van der Waals surface area contributed by atoms with Crippen LogP contribution in [0.5, 0.6) is 0 Å². The van der Waals surface area contributed by atoms with Crippen LogP contribution in [0.15, 0.2) is 97.1 Å². The lowest BCUT2D eigenvalue weighted by atomic mass is 10.1. The van der Waals surface area contributed by atoms with E-state index in [-0.39, 0.29) is 24.8 Å². The zero-order valence-corrected chi connectivity index (χ0v) is 30.7. The van der Waals surface area contributed by atoms with Gasteiger partial charge >= 0.3 is 0 Å². The summed E-state index contributed by atoms with van der Waals surface area (Å²) in [7, 11) is 0. The van der Waals surface area contributed by atoms with E-state index in [9.17, 15) is 0 Å².